The van der Waals surface area contributed by atoms with Crippen molar-refractivity contribution in [1.82, 2.24) is 0 Å². The maximum atomic E-state index is 12.5. The minimum atomic E-state index is -0.131. The van der Waals surface area contributed by atoms with Crippen molar-refractivity contribution in [3.63, 3.8) is 0 Å². The number of thioether (sulfide) groups is 1. The number of nitrogens with one attached hydrogen (secondary N) is 1. The van der Waals surface area contributed by atoms with Gasteiger partial charge in [0.15, 0.2) is 0 Å². The van der Waals surface area contributed by atoms with Gasteiger partial charge in [-0.25, -0.2) is 0 Å². The highest BCUT2D eigenvalue weighted by Crippen LogP contribution is 2.44. The van der Waals surface area contributed by atoms with Crippen LogP contribution in [-0.4, -0.2) is 17.6 Å². The van der Waals surface area contributed by atoms with Gasteiger partial charge in [-0.05, 0) is 31.5 Å². The van der Waals surface area contributed by atoms with E-state index in [2.05, 4.69) is 5.32 Å². The van der Waals surface area contributed by atoms with Gasteiger partial charge in [-0.2, -0.15) is 0 Å². The Hall–Kier alpha value is -2.27. The normalized spacial score (nSPS) is 17.0. The van der Waals surface area contributed by atoms with Gasteiger partial charge >= 0.3 is 0 Å². The Balaban J connectivity index is 1.93. The fraction of sp³-hybridized carbons (Fsp3) is 0.300. The molecule has 0 radical (unpaired) electrons. The Morgan fingerprint density at radius 2 is 1.92 bits per heavy atom. The fourth-order valence-electron chi connectivity index (χ4n) is 2.90. The van der Waals surface area contributed by atoms with Crippen LogP contribution < -0.4 is 10.2 Å². The average molecular weight is 354 g/mol. The maximum absolute atomic E-state index is 12.5. The third kappa shape index (κ3) is 3.87. The molecule has 2 aromatic carbocycles. The van der Waals surface area contributed by atoms with Crippen molar-refractivity contribution in [2.24, 2.45) is 0 Å². The van der Waals surface area contributed by atoms with E-state index in [0.29, 0.717) is 12.2 Å². The minimum absolute atomic E-state index is 0.00570. The molecule has 1 aliphatic heterocycles. The van der Waals surface area contributed by atoms with Gasteiger partial charge in [0.2, 0.25) is 11.8 Å². The van der Waals surface area contributed by atoms with Crippen molar-refractivity contribution in [2.45, 2.75) is 32.1 Å². The lowest BCUT2D eigenvalue weighted by Crippen LogP contribution is -2.28. The van der Waals surface area contributed by atoms with E-state index in [4.69, 9.17) is 0 Å². The number of carbonyl (C=O) groups excluding carboxylic acids is 2. The molecule has 0 spiro atoms. The largest absolute Gasteiger partial charge is 0.326 e. The molecule has 1 fully saturated rings. The highest BCUT2D eigenvalue weighted by atomic mass is 32.2. The minimum Gasteiger partial charge on any atom is -0.326 e. The summed E-state index contributed by atoms with van der Waals surface area (Å²) >= 11 is 1.59. The van der Waals surface area contributed by atoms with Crippen molar-refractivity contribution in [3.8, 4) is 0 Å². The lowest BCUT2D eigenvalue weighted by Gasteiger charge is -2.26. The van der Waals surface area contributed by atoms with Crippen molar-refractivity contribution in [1.29, 1.82) is 0 Å². The van der Waals surface area contributed by atoms with E-state index in [1.165, 1.54) is 0 Å². The van der Waals surface area contributed by atoms with Crippen LogP contribution in [0.25, 0.3) is 0 Å². The Morgan fingerprint density at radius 1 is 1.20 bits per heavy atom. The zero-order valence-corrected chi connectivity index (χ0v) is 15.3. The Kier molecular flexibility index (Phi) is 5.43. The number of carbonyl (C=O) groups is 2. The number of benzene rings is 2. The molecule has 0 aromatic heterocycles. The van der Waals surface area contributed by atoms with E-state index in [1.807, 2.05) is 67.3 Å². The molecule has 2 aromatic rings. The number of amides is 2. The van der Waals surface area contributed by atoms with E-state index in [-0.39, 0.29) is 17.2 Å². The summed E-state index contributed by atoms with van der Waals surface area (Å²) in [6.07, 6.45) is 1.30. The van der Waals surface area contributed by atoms with E-state index in [9.17, 15) is 9.59 Å². The van der Waals surface area contributed by atoms with Gasteiger partial charge in [0.25, 0.3) is 0 Å². The van der Waals surface area contributed by atoms with Gasteiger partial charge in [0.05, 0.1) is 5.75 Å². The first kappa shape index (κ1) is 17.5. The van der Waals surface area contributed by atoms with Crippen LogP contribution in [0.4, 0.5) is 11.4 Å². The summed E-state index contributed by atoms with van der Waals surface area (Å²) in [7, 11) is 0. The SMILES string of the molecule is CCCC(=O)Nc1ccccc1[C@H]1SCC(=O)N1c1ccc(C)cc1. The molecular formula is C20H22N2O2S. The van der Waals surface area contributed by atoms with Crippen LogP contribution >= 0.6 is 11.8 Å². The number of anilines is 2. The summed E-state index contributed by atoms with van der Waals surface area (Å²) in [4.78, 5) is 26.4. The summed E-state index contributed by atoms with van der Waals surface area (Å²) in [6, 6.07) is 15.7. The molecule has 1 saturated heterocycles. The molecule has 5 heteroatoms. The quantitative estimate of drug-likeness (QED) is 0.859. The molecule has 25 heavy (non-hydrogen) atoms. The Labute approximate surface area is 152 Å². The Morgan fingerprint density at radius 3 is 2.64 bits per heavy atom. The van der Waals surface area contributed by atoms with Gasteiger partial charge in [0, 0.05) is 23.4 Å². The first-order valence-corrected chi connectivity index (χ1v) is 9.54. The molecule has 2 amide bonds. The van der Waals surface area contributed by atoms with Crippen molar-refractivity contribution in [3.05, 3.63) is 59.7 Å². The highest BCUT2D eigenvalue weighted by Gasteiger charge is 2.35. The van der Waals surface area contributed by atoms with Gasteiger partial charge in [-0.3, -0.25) is 14.5 Å². The summed E-state index contributed by atoms with van der Waals surface area (Å²) in [5, 5.41) is 2.86. The standard InChI is InChI=1S/C20H22N2O2S/c1-3-6-18(23)21-17-8-5-4-7-16(17)20-22(19(24)13-25-20)15-11-9-14(2)10-12-15/h4-5,7-12,20H,3,6,13H2,1-2H3,(H,21,23)/t20-/m1/s1. The van der Waals surface area contributed by atoms with Gasteiger partial charge in [-0.15, -0.1) is 11.8 Å². The second-order valence-corrected chi connectivity index (χ2v) is 7.22. The van der Waals surface area contributed by atoms with Gasteiger partial charge in [-0.1, -0.05) is 42.8 Å². The number of hydrogen-bond acceptors (Lipinski definition) is 3. The van der Waals surface area contributed by atoms with Gasteiger partial charge in [0.1, 0.15) is 5.37 Å². The van der Waals surface area contributed by atoms with E-state index < -0.39 is 0 Å². The molecule has 1 N–H and O–H groups in total. The molecular weight excluding hydrogens is 332 g/mol. The smallest absolute Gasteiger partial charge is 0.238 e. The maximum Gasteiger partial charge on any atom is 0.238 e. The van der Waals surface area contributed by atoms with Crippen LogP contribution in [0.15, 0.2) is 48.5 Å². The molecule has 1 heterocycles. The zero-order valence-electron chi connectivity index (χ0n) is 14.5. The first-order chi connectivity index (χ1) is 12.1. The number of para-hydroxylation sites is 1. The van der Waals surface area contributed by atoms with Crippen LogP contribution in [0.2, 0.25) is 0 Å². The Bertz CT molecular complexity index is 774. The molecule has 1 aliphatic rings. The topological polar surface area (TPSA) is 49.4 Å². The highest BCUT2D eigenvalue weighted by molar-refractivity contribution is 8.00. The molecule has 0 unspecified atom stereocenters. The third-order valence-electron chi connectivity index (χ3n) is 4.16. The van der Waals surface area contributed by atoms with E-state index in [0.717, 1.165) is 28.9 Å². The number of rotatable bonds is 5. The first-order valence-electron chi connectivity index (χ1n) is 8.49. The van der Waals surface area contributed by atoms with Crippen LogP contribution in [-0.2, 0) is 9.59 Å². The van der Waals surface area contributed by atoms with Crippen LogP contribution in [0.3, 0.4) is 0 Å². The average Bonchev–Trinajstić information content (AvgIpc) is 2.98. The lowest BCUT2D eigenvalue weighted by molar-refractivity contribution is -0.116. The lowest BCUT2D eigenvalue weighted by atomic mass is 10.1. The van der Waals surface area contributed by atoms with Crippen molar-refractivity contribution >= 4 is 35.0 Å². The molecule has 4 nitrogen and oxygen atoms in total. The molecule has 0 bridgehead atoms. The number of nitrogens with zero attached hydrogens (tertiary/aromatic N) is 1. The predicted molar refractivity (Wildman–Crippen MR) is 104 cm³/mol. The van der Waals surface area contributed by atoms with E-state index in [1.54, 1.807) is 11.8 Å². The summed E-state index contributed by atoms with van der Waals surface area (Å²) in [5.74, 6) is 0.537. The fourth-order valence-corrected chi connectivity index (χ4v) is 4.12. The third-order valence-corrected chi connectivity index (χ3v) is 5.35. The molecule has 1 atom stereocenters. The predicted octanol–water partition coefficient (Wildman–Crippen LogP) is 4.51. The molecule has 0 saturated carbocycles. The zero-order chi connectivity index (χ0) is 17.8. The molecule has 3 rings (SSSR count). The van der Waals surface area contributed by atoms with Crippen LogP contribution in [0.1, 0.15) is 36.3 Å². The van der Waals surface area contributed by atoms with Crippen molar-refractivity contribution in [2.75, 3.05) is 16.0 Å². The summed E-state index contributed by atoms with van der Waals surface area (Å²) in [6.45, 7) is 4.01. The summed E-state index contributed by atoms with van der Waals surface area (Å²) < 4.78 is 0. The second kappa shape index (κ2) is 7.74. The van der Waals surface area contributed by atoms with Crippen molar-refractivity contribution < 1.29 is 9.59 Å². The monoisotopic (exact) mass is 354 g/mol. The van der Waals surface area contributed by atoms with Gasteiger partial charge < -0.3 is 5.32 Å². The molecule has 0 aliphatic carbocycles. The second-order valence-electron chi connectivity index (χ2n) is 6.15. The number of hydrogen-bond donors (Lipinski definition) is 1. The van der Waals surface area contributed by atoms with Crippen LogP contribution in [0.5, 0.6) is 0 Å². The van der Waals surface area contributed by atoms with E-state index >= 15 is 0 Å². The number of aryl methyl sites for hydroxylation is 1. The summed E-state index contributed by atoms with van der Waals surface area (Å²) in [5.41, 5.74) is 3.79. The molecule has 130 valence electrons. The van der Waals surface area contributed by atoms with Crippen LogP contribution in [0, 0.1) is 6.92 Å².